The predicted molar refractivity (Wildman–Crippen MR) is 144 cm³/mol. The summed E-state index contributed by atoms with van der Waals surface area (Å²) in [6.45, 7) is 2.78. The van der Waals surface area contributed by atoms with Gasteiger partial charge in [0.2, 0.25) is 5.91 Å². The highest BCUT2D eigenvalue weighted by atomic mass is 16.5. The van der Waals surface area contributed by atoms with E-state index in [1.807, 2.05) is 61.5 Å². The molecule has 8 heteroatoms. The zero-order valence-electron chi connectivity index (χ0n) is 21.3. The molecule has 3 rings (SSSR count). The minimum atomic E-state index is -0.923. The number of carboxylic acid groups (broad SMARTS) is 1. The van der Waals surface area contributed by atoms with Crippen molar-refractivity contribution in [2.24, 2.45) is 0 Å². The fourth-order valence-electron chi connectivity index (χ4n) is 3.86. The molecule has 3 N–H and O–H groups in total. The van der Waals surface area contributed by atoms with Gasteiger partial charge in [-0.05, 0) is 81.1 Å². The summed E-state index contributed by atoms with van der Waals surface area (Å²) in [5.41, 5.74) is 2.83. The first-order chi connectivity index (χ1) is 17.8. The molecule has 0 aliphatic carbocycles. The van der Waals surface area contributed by atoms with Crippen molar-refractivity contribution in [3.63, 3.8) is 0 Å². The van der Waals surface area contributed by atoms with Gasteiger partial charge < -0.3 is 25.2 Å². The SMILES string of the molecule is CN(CCCN(C)Cc1ccc(C(=O)O)cc1)CC(=O)Nc1ccc(OCC(O)c2ccccc2)cc1. The van der Waals surface area contributed by atoms with Crippen molar-refractivity contribution in [2.75, 3.05) is 45.7 Å². The summed E-state index contributed by atoms with van der Waals surface area (Å²) in [5, 5.41) is 22.1. The summed E-state index contributed by atoms with van der Waals surface area (Å²) in [7, 11) is 3.94. The number of rotatable bonds is 14. The molecule has 0 aliphatic heterocycles. The van der Waals surface area contributed by atoms with Crippen LogP contribution in [-0.2, 0) is 11.3 Å². The second kappa shape index (κ2) is 14.1. The highest BCUT2D eigenvalue weighted by molar-refractivity contribution is 5.92. The minimum absolute atomic E-state index is 0.0949. The number of aromatic carboxylic acids is 1. The highest BCUT2D eigenvalue weighted by Crippen LogP contribution is 2.19. The van der Waals surface area contributed by atoms with Gasteiger partial charge in [0.05, 0.1) is 12.1 Å². The number of carbonyl (C=O) groups is 2. The molecule has 8 nitrogen and oxygen atoms in total. The maximum atomic E-state index is 12.4. The Balaban J connectivity index is 1.32. The first-order valence-corrected chi connectivity index (χ1v) is 12.2. The van der Waals surface area contributed by atoms with Crippen molar-refractivity contribution in [3.8, 4) is 5.75 Å². The lowest BCUT2D eigenvalue weighted by atomic mass is 10.1. The minimum Gasteiger partial charge on any atom is -0.491 e. The maximum Gasteiger partial charge on any atom is 0.335 e. The second-order valence-electron chi connectivity index (χ2n) is 9.14. The largest absolute Gasteiger partial charge is 0.491 e. The number of carboxylic acids is 1. The van der Waals surface area contributed by atoms with Gasteiger partial charge in [-0.1, -0.05) is 42.5 Å². The van der Waals surface area contributed by atoms with Crippen LogP contribution in [-0.4, -0.2) is 72.2 Å². The normalized spacial score (nSPS) is 11.9. The van der Waals surface area contributed by atoms with E-state index in [1.54, 1.807) is 36.4 Å². The first-order valence-electron chi connectivity index (χ1n) is 12.2. The Morgan fingerprint density at radius 2 is 1.54 bits per heavy atom. The molecule has 1 atom stereocenters. The van der Waals surface area contributed by atoms with Gasteiger partial charge in [0.1, 0.15) is 18.5 Å². The molecule has 3 aromatic rings. The lowest BCUT2D eigenvalue weighted by Crippen LogP contribution is -2.32. The molecule has 196 valence electrons. The molecule has 0 bridgehead atoms. The molecular formula is C29H35N3O5. The molecular weight excluding hydrogens is 470 g/mol. The number of nitrogens with one attached hydrogen (secondary N) is 1. The van der Waals surface area contributed by atoms with Gasteiger partial charge >= 0.3 is 5.97 Å². The van der Waals surface area contributed by atoms with E-state index >= 15 is 0 Å². The third kappa shape index (κ3) is 9.69. The van der Waals surface area contributed by atoms with E-state index < -0.39 is 12.1 Å². The summed E-state index contributed by atoms with van der Waals surface area (Å²) in [6.07, 6.45) is 0.190. The van der Waals surface area contributed by atoms with Crippen LogP contribution in [0.25, 0.3) is 0 Å². The van der Waals surface area contributed by atoms with Crippen molar-refractivity contribution in [1.29, 1.82) is 0 Å². The van der Waals surface area contributed by atoms with Crippen LogP contribution in [0, 0.1) is 0 Å². The van der Waals surface area contributed by atoms with Crippen LogP contribution in [0.5, 0.6) is 5.75 Å². The number of amides is 1. The fraction of sp³-hybridized carbons (Fsp3) is 0.310. The monoisotopic (exact) mass is 505 g/mol. The fourth-order valence-corrected chi connectivity index (χ4v) is 3.86. The van der Waals surface area contributed by atoms with Crippen LogP contribution in [0.2, 0.25) is 0 Å². The van der Waals surface area contributed by atoms with Gasteiger partial charge in [0.25, 0.3) is 0 Å². The van der Waals surface area contributed by atoms with E-state index in [0.717, 1.165) is 37.2 Å². The number of ether oxygens (including phenoxy) is 1. The van der Waals surface area contributed by atoms with E-state index in [-0.39, 0.29) is 24.6 Å². The Morgan fingerprint density at radius 3 is 2.19 bits per heavy atom. The van der Waals surface area contributed by atoms with Crippen molar-refractivity contribution in [2.45, 2.75) is 19.1 Å². The van der Waals surface area contributed by atoms with Crippen LogP contribution in [0.1, 0.15) is 34.0 Å². The van der Waals surface area contributed by atoms with Gasteiger partial charge in [-0.15, -0.1) is 0 Å². The second-order valence-corrected chi connectivity index (χ2v) is 9.14. The molecule has 0 saturated heterocycles. The lowest BCUT2D eigenvalue weighted by Gasteiger charge is -2.20. The predicted octanol–water partition coefficient (Wildman–Crippen LogP) is 3.89. The topological polar surface area (TPSA) is 102 Å². The number of nitrogens with zero attached hydrogens (tertiary/aromatic N) is 2. The Kier molecular flexibility index (Phi) is 10.6. The van der Waals surface area contributed by atoms with E-state index in [4.69, 9.17) is 9.84 Å². The highest BCUT2D eigenvalue weighted by Gasteiger charge is 2.10. The average Bonchev–Trinajstić information content (AvgIpc) is 2.88. The molecule has 0 saturated carbocycles. The Bertz CT molecular complexity index is 1120. The third-order valence-corrected chi connectivity index (χ3v) is 5.88. The van der Waals surface area contributed by atoms with E-state index in [9.17, 15) is 14.7 Å². The Labute approximate surface area is 218 Å². The number of benzene rings is 3. The molecule has 37 heavy (non-hydrogen) atoms. The summed E-state index contributed by atoms with van der Waals surface area (Å²) in [5.74, 6) is -0.400. The summed E-state index contributed by atoms with van der Waals surface area (Å²) >= 11 is 0. The maximum absolute atomic E-state index is 12.4. The molecule has 0 aliphatic rings. The molecule has 0 spiro atoms. The van der Waals surface area contributed by atoms with Gasteiger partial charge in [-0.3, -0.25) is 9.69 Å². The zero-order chi connectivity index (χ0) is 26.6. The van der Waals surface area contributed by atoms with Crippen LogP contribution in [0.4, 0.5) is 5.69 Å². The van der Waals surface area contributed by atoms with Crippen molar-refractivity contribution in [1.82, 2.24) is 9.80 Å². The number of anilines is 1. The zero-order valence-corrected chi connectivity index (χ0v) is 21.3. The van der Waals surface area contributed by atoms with Crippen molar-refractivity contribution in [3.05, 3.63) is 95.6 Å². The number of likely N-dealkylation sites (N-methyl/N-ethyl adjacent to an activating group) is 1. The van der Waals surface area contributed by atoms with Gasteiger partial charge in [0.15, 0.2) is 0 Å². The van der Waals surface area contributed by atoms with Crippen LogP contribution in [0.15, 0.2) is 78.9 Å². The van der Waals surface area contributed by atoms with Gasteiger partial charge in [-0.25, -0.2) is 4.79 Å². The van der Waals surface area contributed by atoms with Crippen molar-refractivity contribution >= 4 is 17.6 Å². The van der Waals surface area contributed by atoms with E-state index in [1.165, 1.54) is 0 Å². The molecule has 0 heterocycles. The average molecular weight is 506 g/mol. The first kappa shape index (κ1) is 27.9. The van der Waals surface area contributed by atoms with Gasteiger partial charge in [-0.2, -0.15) is 0 Å². The Morgan fingerprint density at radius 1 is 0.892 bits per heavy atom. The summed E-state index contributed by atoms with van der Waals surface area (Å²) in [4.78, 5) is 27.5. The summed E-state index contributed by atoms with van der Waals surface area (Å²) < 4.78 is 5.66. The standard InChI is InChI=1S/C29H35N3O5/c1-31(19-22-9-11-24(12-10-22)29(35)36)17-6-18-32(2)20-28(34)30-25-13-15-26(16-14-25)37-21-27(33)23-7-4-3-5-8-23/h3-5,7-16,27,33H,6,17-21H2,1-2H3,(H,30,34)(H,35,36). The van der Waals surface area contributed by atoms with Crippen molar-refractivity contribution < 1.29 is 24.5 Å². The molecule has 1 amide bonds. The van der Waals surface area contributed by atoms with Gasteiger partial charge in [0, 0.05) is 12.2 Å². The Hall–Kier alpha value is -3.72. The number of carbonyl (C=O) groups excluding carboxylic acids is 1. The molecule has 0 radical (unpaired) electrons. The number of aliphatic hydroxyl groups excluding tert-OH is 1. The van der Waals surface area contributed by atoms with Crippen LogP contribution in [0.3, 0.4) is 0 Å². The number of hydrogen-bond acceptors (Lipinski definition) is 6. The van der Waals surface area contributed by atoms with Crippen LogP contribution < -0.4 is 10.1 Å². The smallest absolute Gasteiger partial charge is 0.335 e. The molecule has 1 unspecified atom stereocenters. The molecule has 3 aromatic carbocycles. The third-order valence-electron chi connectivity index (χ3n) is 5.88. The number of aliphatic hydroxyl groups is 1. The molecule has 0 fully saturated rings. The van der Waals surface area contributed by atoms with E-state index in [2.05, 4.69) is 10.2 Å². The van der Waals surface area contributed by atoms with Crippen LogP contribution >= 0.6 is 0 Å². The quantitative estimate of drug-likeness (QED) is 0.305. The lowest BCUT2D eigenvalue weighted by molar-refractivity contribution is -0.117. The molecule has 0 aromatic heterocycles. The summed E-state index contributed by atoms with van der Waals surface area (Å²) in [6, 6.07) is 23.4. The van der Waals surface area contributed by atoms with E-state index in [0.29, 0.717) is 11.4 Å². The number of hydrogen-bond donors (Lipinski definition) is 3.